The Kier molecular flexibility index (Phi) is 6.68. The van der Waals surface area contributed by atoms with Crippen molar-refractivity contribution in [1.29, 1.82) is 0 Å². The van der Waals surface area contributed by atoms with E-state index in [1.54, 1.807) is 0 Å². The summed E-state index contributed by atoms with van der Waals surface area (Å²) in [4.78, 5) is 26.5. The molecule has 0 aliphatic carbocycles. The van der Waals surface area contributed by atoms with Crippen molar-refractivity contribution in [1.82, 2.24) is 25.5 Å². The molecule has 7 heteroatoms. The zero-order valence-corrected chi connectivity index (χ0v) is 16.9. The van der Waals surface area contributed by atoms with E-state index in [1.807, 2.05) is 50.1 Å². The van der Waals surface area contributed by atoms with E-state index in [0.29, 0.717) is 6.54 Å². The first-order valence-electron chi connectivity index (χ1n) is 9.99. The highest BCUT2D eigenvalue weighted by atomic mass is 16.2. The van der Waals surface area contributed by atoms with Crippen molar-refractivity contribution in [2.24, 2.45) is 10.9 Å². The molecule has 1 unspecified atom stereocenters. The van der Waals surface area contributed by atoms with Gasteiger partial charge in [0.15, 0.2) is 5.96 Å². The van der Waals surface area contributed by atoms with Crippen LogP contribution in [-0.2, 0) is 11.3 Å². The third-order valence-corrected chi connectivity index (χ3v) is 4.78. The molecule has 1 atom stereocenters. The Labute approximate surface area is 166 Å². The number of carbonyl (C=O) groups excluding carboxylic acids is 1. The Balaban J connectivity index is 1.59. The maximum atomic E-state index is 12.2. The Morgan fingerprint density at radius 2 is 2.14 bits per heavy atom. The second-order valence-electron chi connectivity index (χ2n) is 7.37. The summed E-state index contributed by atoms with van der Waals surface area (Å²) in [5.41, 5.74) is 2.10. The maximum absolute atomic E-state index is 12.2. The van der Waals surface area contributed by atoms with E-state index >= 15 is 0 Å². The summed E-state index contributed by atoms with van der Waals surface area (Å²) >= 11 is 0. The lowest BCUT2D eigenvalue weighted by molar-refractivity contribution is -0.133. The fraction of sp³-hybridized carbons (Fsp3) is 0.476. The zero-order valence-electron chi connectivity index (χ0n) is 16.9. The van der Waals surface area contributed by atoms with Crippen LogP contribution in [0.25, 0.3) is 11.3 Å². The van der Waals surface area contributed by atoms with Crippen LogP contribution in [0.5, 0.6) is 0 Å². The first kappa shape index (κ1) is 19.9. The monoisotopic (exact) mass is 382 g/mol. The van der Waals surface area contributed by atoms with E-state index in [0.717, 1.165) is 49.1 Å². The lowest BCUT2D eigenvalue weighted by Crippen LogP contribution is -2.45. The van der Waals surface area contributed by atoms with Gasteiger partial charge in [-0.1, -0.05) is 44.2 Å². The van der Waals surface area contributed by atoms with Gasteiger partial charge in [-0.25, -0.2) is 9.98 Å². The predicted molar refractivity (Wildman–Crippen MR) is 112 cm³/mol. The Morgan fingerprint density at radius 1 is 1.36 bits per heavy atom. The number of aliphatic imine (C=N–C) groups is 1. The average Bonchev–Trinajstić information content (AvgIpc) is 3.36. The fourth-order valence-electron chi connectivity index (χ4n) is 3.32. The number of benzene rings is 1. The number of imidazole rings is 1. The largest absolute Gasteiger partial charge is 0.357 e. The number of guanidine groups is 1. The van der Waals surface area contributed by atoms with Crippen molar-refractivity contribution in [3.8, 4) is 11.3 Å². The molecule has 1 aromatic heterocycles. The smallest absolute Gasteiger partial charge is 0.225 e. The molecule has 3 N–H and O–H groups in total. The molecule has 1 fully saturated rings. The molecule has 7 nitrogen and oxygen atoms in total. The number of hydrogen-bond acceptors (Lipinski definition) is 3. The molecular weight excluding hydrogens is 352 g/mol. The molecule has 1 aromatic carbocycles. The van der Waals surface area contributed by atoms with E-state index < -0.39 is 0 Å². The molecule has 3 rings (SSSR count). The van der Waals surface area contributed by atoms with Gasteiger partial charge in [-0.3, -0.25) is 4.79 Å². The van der Waals surface area contributed by atoms with Gasteiger partial charge in [0.05, 0.1) is 11.9 Å². The molecular formula is C21H30N6O. The van der Waals surface area contributed by atoms with Crippen LogP contribution < -0.4 is 10.6 Å². The molecule has 2 heterocycles. The minimum absolute atomic E-state index is 0.0402. The van der Waals surface area contributed by atoms with Crippen molar-refractivity contribution in [2.75, 3.05) is 19.6 Å². The van der Waals surface area contributed by atoms with E-state index in [9.17, 15) is 4.79 Å². The van der Waals surface area contributed by atoms with Gasteiger partial charge < -0.3 is 20.5 Å². The minimum atomic E-state index is 0.0402. The molecule has 0 saturated carbocycles. The topological polar surface area (TPSA) is 85.4 Å². The summed E-state index contributed by atoms with van der Waals surface area (Å²) in [5, 5.41) is 6.73. The van der Waals surface area contributed by atoms with E-state index in [1.165, 1.54) is 0 Å². The number of likely N-dealkylation sites (tertiary alicyclic amines) is 1. The van der Waals surface area contributed by atoms with Crippen LogP contribution in [0.2, 0.25) is 0 Å². The minimum Gasteiger partial charge on any atom is -0.357 e. The maximum Gasteiger partial charge on any atom is 0.225 e. The number of nitrogens with one attached hydrogen (secondary N) is 3. The molecule has 2 aromatic rings. The number of nitrogens with zero attached hydrogens (tertiary/aromatic N) is 3. The Morgan fingerprint density at radius 3 is 2.86 bits per heavy atom. The van der Waals surface area contributed by atoms with Crippen LogP contribution in [0.4, 0.5) is 0 Å². The standard InChI is InChI=1S/C21H30N6O/c1-4-22-21(25-17-10-11-27(14-17)20(28)15(2)3)24-13-19-23-12-18(26-19)16-8-6-5-7-9-16/h5-9,12,15,17H,4,10-11,13-14H2,1-3H3,(H,23,26)(H2,22,24,25). The number of aromatic amines is 1. The lowest BCUT2D eigenvalue weighted by Gasteiger charge is -2.20. The van der Waals surface area contributed by atoms with Crippen molar-refractivity contribution in [3.05, 3.63) is 42.4 Å². The number of aromatic nitrogens is 2. The van der Waals surface area contributed by atoms with Gasteiger partial charge in [-0.05, 0) is 18.9 Å². The molecule has 0 bridgehead atoms. The highest BCUT2D eigenvalue weighted by molar-refractivity contribution is 5.81. The molecule has 0 radical (unpaired) electrons. The summed E-state index contributed by atoms with van der Waals surface area (Å²) in [6.07, 6.45) is 2.77. The summed E-state index contributed by atoms with van der Waals surface area (Å²) in [6, 6.07) is 10.3. The molecule has 28 heavy (non-hydrogen) atoms. The summed E-state index contributed by atoms with van der Waals surface area (Å²) in [7, 11) is 0. The molecule has 1 amide bonds. The average molecular weight is 383 g/mol. The molecule has 0 spiro atoms. The van der Waals surface area contributed by atoms with Gasteiger partial charge in [-0.15, -0.1) is 0 Å². The summed E-state index contributed by atoms with van der Waals surface area (Å²) < 4.78 is 0. The van der Waals surface area contributed by atoms with Gasteiger partial charge in [0, 0.05) is 31.6 Å². The third-order valence-electron chi connectivity index (χ3n) is 4.78. The summed E-state index contributed by atoms with van der Waals surface area (Å²) in [5.74, 6) is 1.83. The van der Waals surface area contributed by atoms with Crippen LogP contribution in [0.3, 0.4) is 0 Å². The molecule has 150 valence electrons. The molecule has 1 saturated heterocycles. The van der Waals surface area contributed by atoms with Gasteiger partial charge in [-0.2, -0.15) is 0 Å². The number of carbonyl (C=O) groups is 1. The first-order valence-corrected chi connectivity index (χ1v) is 9.99. The Bertz CT molecular complexity index is 798. The van der Waals surface area contributed by atoms with E-state index in [4.69, 9.17) is 0 Å². The first-order chi connectivity index (χ1) is 13.6. The second-order valence-corrected chi connectivity index (χ2v) is 7.37. The van der Waals surface area contributed by atoms with Crippen LogP contribution in [0.15, 0.2) is 41.5 Å². The SMILES string of the molecule is CCNC(=NCc1ncc(-c2ccccc2)[nH]1)NC1CCN(C(=O)C(C)C)C1. The molecule has 1 aliphatic heterocycles. The van der Waals surface area contributed by atoms with Gasteiger partial charge in [0.2, 0.25) is 5.91 Å². The van der Waals surface area contributed by atoms with Crippen LogP contribution in [0.1, 0.15) is 33.0 Å². The number of rotatable bonds is 6. The van der Waals surface area contributed by atoms with Gasteiger partial charge in [0.25, 0.3) is 0 Å². The predicted octanol–water partition coefficient (Wildman–Crippen LogP) is 2.39. The highest BCUT2D eigenvalue weighted by Gasteiger charge is 2.27. The summed E-state index contributed by atoms with van der Waals surface area (Å²) in [6.45, 7) is 8.70. The quantitative estimate of drug-likeness (QED) is 0.529. The zero-order chi connectivity index (χ0) is 19.9. The van der Waals surface area contributed by atoms with Crippen molar-refractivity contribution in [3.63, 3.8) is 0 Å². The van der Waals surface area contributed by atoms with Crippen molar-refractivity contribution >= 4 is 11.9 Å². The number of H-pyrrole nitrogens is 1. The van der Waals surface area contributed by atoms with Crippen LogP contribution >= 0.6 is 0 Å². The van der Waals surface area contributed by atoms with Crippen molar-refractivity contribution < 1.29 is 4.79 Å². The third kappa shape index (κ3) is 5.12. The van der Waals surface area contributed by atoms with E-state index in [2.05, 4.69) is 37.7 Å². The Hall–Kier alpha value is -2.83. The van der Waals surface area contributed by atoms with Crippen LogP contribution in [-0.4, -0.2) is 52.4 Å². The fourth-order valence-corrected chi connectivity index (χ4v) is 3.32. The van der Waals surface area contributed by atoms with Gasteiger partial charge in [0.1, 0.15) is 12.4 Å². The van der Waals surface area contributed by atoms with Crippen LogP contribution in [0, 0.1) is 5.92 Å². The van der Waals surface area contributed by atoms with E-state index in [-0.39, 0.29) is 17.9 Å². The highest BCUT2D eigenvalue weighted by Crippen LogP contribution is 2.16. The van der Waals surface area contributed by atoms with Gasteiger partial charge >= 0.3 is 0 Å². The normalized spacial score (nSPS) is 17.2. The lowest BCUT2D eigenvalue weighted by atomic mass is 10.2. The number of hydrogen-bond donors (Lipinski definition) is 3. The number of amides is 1. The second kappa shape index (κ2) is 9.39. The molecule has 1 aliphatic rings. The van der Waals surface area contributed by atoms with Crippen molar-refractivity contribution in [2.45, 2.75) is 39.8 Å².